The van der Waals surface area contributed by atoms with Gasteiger partial charge in [-0.1, -0.05) is 30.3 Å². The minimum absolute atomic E-state index is 0.261. The number of carboxylic acid groups (broad SMARTS) is 1. The highest BCUT2D eigenvalue weighted by Gasteiger charge is 2.38. The molecule has 3 rings (SSSR count). The number of alkyl halides is 3. The van der Waals surface area contributed by atoms with Crippen molar-refractivity contribution in [3.05, 3.63) is 53.3 Å². The largest absolute Gasteiger partial charge is 0.490 e. The molecule has 166 valence electrons. The molecule has 0 aliphatic carbocycles. The number of hydrogen-bond acceptors (Lipinski definition) is 5. The first-order valence-electron chi connectivity index (χ1n) is 9.39. The molecule has 1 N–H and O–H groups in total. The summed E-state index contributed by atoms with van der Waals surface area (Å²) in [7, 11) is 3.77. The second-order valence-electron chi connectivity index (χ2n) is 6.78. The SMILES string of the molecule is COCC1c2c(cnn2C)CCN1CCOCc1ccccc1.O=C(O)C(F)(F)F. The normalized spacial score (nSPS) is 16.5. The molecule has 0 spiro atoms. The summed E-state index contributed by atoms with van der Waals surface area (Å²) in [6, 6.07) is 10.6. The Morgan fingerprint density at radius 1 is 1.30 bits per heavy atom. The molecule has 30 heavy (non-hydrogen) atoms. The van der Waals surface area contributed by atoms with Gasteiger partial charge in [-0.2, -0.15) is 18.3 Å². The minimum atomic E-state index is -5.08. The Labute approximate surface area is 173 Å². The maximum Gasteiger partial charge on any atom is 0.490 e. The van der Waals surface area contributed by atoms with Crippen molar-refractivity contribution in [2.75, 3.05) is 33.4 Å². The Hall–Kier alpha value is -2.43. The first-order chi connectivity index (χ1) is 14.2. The van der Waals surface area contributed by atoms with Crippen LogP contribution in [0.2, 0.25) is 0 Å². The Balaban J connectivity index is 0.000000396. The molecule has 0 bridgehead atoms. The van der Waals surface area contributed by atoms with E-state index in [0.29, 0.717) is 13.2 Å². The third-order valence-electron chi connectivity index (χ3n) is 4.69. The number of aryl methyl sites for hydroxylation is 1. The van der Waals surface area contributed by atoms with Crippen molar-refractivity contribution in [2.24, 2.45) is 7.05 Å². The molecule has 10 heteroatoms. The summed E-state index contributed by atoms with van der Waals surface area (Å²) in [5, 5.41) is 11.5. The van der Waals surface area contributed by atoms with Crippen molar-refractivity contribution in [1.82, 2.24) is 14.7 Å². The molecule has 0 fully saturated rings. The summed E-state index contributed by atoms with van der Waals surface area (Å²) in [6.45, 7) is 4.01. The summed E-state index contributed by atoms with van der Waals surface area (Å²) in [6.07, 6.45) is -2.05. The summed E-state index contributed by atoms with van der Waals surface area (Å²) in [4.78, 5) is 11.3. The monoisotopic (exact) mass is 429 g/mol. The number of hydrogen-bond donors (Lipinski definition) is 1. The van der Waals surface area contributed by atoms with Gasteiger partial charge < -0.3 is 14.6 Å². The Morgan fingerprint density at radius 2 is 1.97 bits per heavy atom. The standard InChI is InChI=1S/C18H25N3O2.C2HF3O2/c1-20-18-16(12-19-20)8-9-21(17(18)14-22-2)10-11-23-13-15-6-4-3-5-7-15;3-2(4,5)1(6)7/h3-7,12,17H,8-11,13-14H2,1-2H3;(H,6,7). The predicted molar refractivity (Wildman–Crippen MR) is 103 cm³/mol. The lowest BCUT2D eigenvalue weighted by atomic mass is 10.0. The highest BCUT2D eigenvalue weighted by molar-refractivity contribution is 5.73. The lowest BCUT2D eigenvalue weighted by Gasteiger charge is -2.35. The molecule has 1 aliphatic heterocycles. The highest BCUT2D eigenvalue weighted by atomic mass is 19.4. The number of carbonyl (C=O) groups is 1. The quantitative estimate of drug-likeness (QED) is 0.683. The van der Waals surface area contributed by atoms with Gasteiger partial charge in [-0.3, -0.25) is 9.58 Å². The van der Waals surface area contributed by atoms with Gasteiger partial charge in [0, 0.05) is 27.2 Å². The van der Waals surface area contributed by atoms with Crippen molar-refractivity contribution < 1.29 is 32.5 Å². The maximum absolute atomic E-state index is 10.6. The maximum atomic E-state index is 10.6. The number of fused-ring (bicyclic) bond motifs is 1. The lowest BCUT2D eigenvalue weighted by Crippen LogP contribution is -2.40. The van der Waals surface area contributed by atoms with Gasteiger partial charge in [0.05, 0.1) is 37.8 Å². The van der Waals surface area contributed by atoms with Crippen LogP contribution in [0.4, 0.5) is 13.2 Å². The van der Waals surface area contributed by atoms with Crippen LogP contribution in [0.25, 0.3) is 0 Å². The van der Waals surface area contributed by atoms with E-state index in [4.69, 9.17) is 19.4 Å². The molecular formula is C20H26F3N3O4. The summed E-state index contributed by atoms with van der Waals surface area (Å²) < 4.78 is 45.0. The zero-order valence-corrected chi connectivity index (χ0v) is 16.9. The van der Waals surface area contributed by atoms with E-state index >= 15 is 0 Å². The number of methoxy groups -OCH3 is 1. The van der Waals surface area contributed by atoms with Gasteiger partial charge in [0.15, 0.2) is 0 Å². The van der Waals surface area contributed by atoms with Crippen LogP contribution in [-0.2, 0) is 34.3 Å². The number of benzene rings is 1. The van der Waals surface area contributed by atoms with E-state index in [1.165, 1.54) is 16.8 Å². The molecule has 1 unspecified atom stereocenters. The predicted octanol–water partition coefficient (Wildman–Crippen LogP) is 2.82. The van der Waals surface area contributed by atoms with Crippen molar-refractivity contribution >= 4 is 5.97 Å². The number of aliphatic carboxylic acids is 1. The van der Waals surface area contributed by atoms with Crippen LogP contribution in [0.15, 0.2) is 36.5 Å². The average Bonchev–Trinajstić information content (AvgIpc) is 3.08. The highest BCUT2D eigenvalue weighted by Crippen LogP contribution is 2.29. The third kappa shape index (κ3) is 6.82. The van der Waals surface area contributed by atoms with E-state index < -0.39 is 12.1 Å². The molecule has 2 heterocycles. The van der Waals surface area contributed by atoms with Crippen LogP contribution >= 0.6 is 0 Å². The fourth-order valence-corrected chi connectivity index (χ4v) is 3.26. The fourth-order valence-electron chi connectivity index (χ4n) is 3.26. The Kier molecular flexibility index (Phi) is 8.82. The van der Waals surface area contributed by atoms with Crippen LogP contribution < -0.4 is 0 Å². The van der Waals surface area contributed by atoms with Crippen LogP contribution in [0.3, 0.4) is 0 Å². The number of ether oxygens (including phenoxy) is 2. The van der Waals surface area contributed by atoms with Crippen LogP contribution in [0, 0.1) is 0 Å². The molecule has 1 aromatic carbocycles. The molecule has 1 aliphatic rings. The fraction of sp³-hybridized carbons (Fsp3) is 0.500. The number of aromatic nitrogens is 2. The van der Waals surface area contributed by atoms with Crippen LogP contribution in [-0.4, -0.2) is 65.3 Å². The smallest absolute Gasteiger partial charge is 0.475 e. The van der Waals surface area contributed by atoms with Gasteiger partial charge in [0.25, 0.3) is 0 Å². The molecule has 0 saturated carbocycles. The van der Waals surface area contributed by atoms with Crippen LogP contribution in [0.5, 0.6) is 0 Å². The topological polar surface area (TPSA) is 76.8 Å². The van der Waals surface area contributed by atoms with E-state index in [9.17, 15) is 13.2 Å². The number of nitrogens with zero attached hydrogens (tertiary/aromatic N) is 3. The molecule has 0 amide bonds. The molecule has 1 atom stereocenters. The second-order valence-corrected chi connectivity index (χ2v) is 6.78. The Bertz CT molecular complexity index is 796. The molecule has 7 nitrogen and oxygen atoms in total. The molecule has 0 saturated heterocycles. The van der Waals surface area contributed by atoms with Crippen molar-refractivity contribution in [3.63, 3.8) is 0 Å². The van der Waals surface area contributed by atoms with Crippen molar-refractivity contribution in [1.29, 1.82) is 0 Å². The van der Waals surface area contributed by atoms with Crippen molar-refractivity contribution in [3.8, 4) is 0 Å². The third-order valence-corrected chi connectivity index (χ3v) is 4.69. The number of halogens is 3. The molecular weight excluding hydrogens is 403 g/mol. The number of carboxylic acids is 1. The van der Waals surface area contributed by atoms with Gasteiger partial charge in [-0.25, -0.2) is 4.79 Å². The zero-order chi connectivity index (χ0) is 22.1. The van der Waals surface area contributed by atoms with Crippen molar-refractivity contribution in [2.45, 2.75) is 25.2 Å². The second kappa shape index (κ2) is 11.1. The van der Waals surface area contributed by atoms with E-state index in [-0.39, 0.29) is 6.04 Å². The summed E-state index contributed by atoms with van der Waals surface area (Å²) in [5.74, 6) is -2.76. The molecule has 2 aromatic rings. The van der Waals surface area contributed by atoms with E-state index in [2.05, 4.69) is 22.1 Å². The van der Waals surface area contributed by atoms with E-state index in [0.717, 1.165) is 26.1 Å². The van der Waals surface area contributed by atoms with E-state index in [1.54, 1.807) is 7.11 Å². The van der Waals surface area contributed by atoms with Gasteiger partial charge in [0.1, 0.15) is 0 Å². The van der Waals surface area contributed by atoms with Crippen LogP contribution in [0.1, 0.15) is 22.9 Å². The first kappa shape index (κ1) is 23.8. The van der Waals surface area contributed by atoms with Gasteiger partial charge in [0.2, 0.25) is 0 Å². The summed E-state index contributed by atoms with van der Waals surface area (Å²) >= 11 is 0. The average molecular weight is 429 g/mol. The first-order valence-corrected chi connectivity index (χ1v) is 9.39. The van der Waals surface area contributed by atoms with Gasteiger partial charge in [-0.05, 0) is 17.5 Å². The molecule has 0 radical (unpaired) electrons. The van der Waals surface area contributed by atoms with E-state index in [1.807, 2.05) is 36.1 Å². The molecule has 1 aromatic heterocycles. The zero-order valence-electron chi connectivity index (χ0n) is 16.9. The lowest BCUT2D eigenvalue weighted by molar-refractivity contribution is -0.192. The summed E-state index contributed by atoms with van der Waals surface area (Å²) in [5.41, 5.74) is 3.84. The Morgan fingerprint density at radius 3 is 2.57 bits per heavy atom. The van der Waals surface area contributed by atoms with Gasteiger partial charge in [-0.15, -0.1) is 0 Å². The minimum Gasteiger partial charge on any atom is -0.475 e. The number of rotatable bonds is 7. The van der Waals surface area contributed by atoms with Gasteiger partial charge >= 0.3 is 12.1 Å².